The van der Waals surface area contributed by atoms with E-state index in [1.807, 2.05) is 83.3 Å². The van der Waals surface area contributed by atoms with Gasteiger partial charge in [-0.05, 0) is 18.2 Å². The molecule has 5 heteroatoms. The van der Waals surface area contributed by atoms with Crippen molar-refractivity contribution >= 4 is 51.4 Å². The first-order valence-corrected chi connectivity index (χ1v) is 9.72. The largest absolute Gasteiger partial charge is 0.398 e. The van der Waals surface area contributed by atoms with Gasteiger partial charge >= 0.3 is 0 Å². The fraction of sp³-hybridized carbons (Fsp3) is 0.0476. The molecule has 0 bridgehead atoms. The highest BCUT2D eigenvalue weighted by molar-refractivity contribution is 14.1. The second-order valence-corrected chi connectivity index (χ2v) is 6.55. The number of nitrogens with two attached hydrogens (primary N) is 1. The highest BCUT2D eigenvalue weighted by atomic mass is 127. The molecule has 0 aliphatic rings. The van der Waals surface area contributed by atoms with Crippen LogP contribution in [0.3, 0.4) is 0 Å². The normalized spacial score (nSPS) is 9.77. The summed E-state index contributed by atoms with van der Waals surface area (Å²) in [5.41, 5.74) is 8.05. The fourth-order valence-electron chi connectivity index (χ4n) is 2.19. The molecule has 0 aliphatic heterocycles. The van der Waals surface area contributed by atoms with Crippen LogP contribution in [0, 0.1) is 0 Å². The zero-order valence-corrected chi connectivity index (χ0v) is 16.8. The molecule has 0 saturated heterocycles. The van der Waals surface area contributed by atoms with Crippen LogP contribution in [0.25, 0.3) is 0 Å². The molecule has 0 fully saturated rings. The third-order valence-electron chi connectivity index (χ3n) is 3.51. The van der Waals surface area contributed by atoms with Gasteiger partial charge in [0.25, 0.3) is 0 Å². The van der Waals surface area contributed by atoms with Crippen LogP contribution in [0.4, 0.5) is 5.69 Å². The molecule has 26 heavy (non-hydrogen) atoms. The molecule has 0 aromatic heterocycles. The summed E-state index contributed by atoms with van der Waals surface area (Å²) in [6.07, 6.45) is 0. The third kappa shape index (κ3) is 5.68. The first kappa shape index (κ1) is 20.1. The van der Waals surface area contributed by atoms with Gasteiger partial charge in [-0.15, -0.1) is 0 Å². The van der Waals surface area contributed by atoms with Crippen LogP contribution in [0.5, 0.6) is 0 Å². The second kappa shape index (κ2) is 10.1. The van der Waals surface area contributed by atoms with Crippen molar-refractivity contribution in [3.63, 3.8) is 0 Å². The van der Waals surface area contributed by atoms with E-state index in [4.69, 9.17) is 17.3 Å². The predicted octanol–water partition coefficient (Wildman–Crippen LogP) is 5.46. The lowest BCUT2D eigenvalue weighted by Gasteiger charge is -2.01. The van der Waals surface area contributed by atoms with E-state index >= 15 is 0 Å². The summed E-state index contributed by atoms with van der Waals surface area (Å²) in [6, 6.07) is 23.5. The number of ketones is 2. The summed E-state index contributed by atoms with van der Waals surface area (Å²) in [6.45, 7) is 0. The zero-order valence-electron chi connectivity index (χ0n) is 13.9. The van der Waals surface area contributed by atoms with E-state index < -0.39 is 0 Å². The summed E-state index contributed by atoms with van der Waals surface area (Å²) in [7, 11) is 0. The van der Waals surface area contributed by atoms with Crippen molar-refractivity contribution in [2.45, 2.75) is 0 Å². The third-order valence-corrected chi connectivity index (χ3v) is 4.44. The minimum Gasteiger partial charge on any atom is -0.398 e. The number of nitrogen functional groups attached to an aromatic ring is 1. The molecule has 0 saturated carbocycles. The van der Waals surface area contributed by atoms with Gasteiger partial charge in [-0.3, -0.25) is 9.59 Å². The van der Waals surface area contributed by atoms with Crippen molar-refractivity contribution < 1.29 is 9.59 Å². The van der Waals surface area contributed by atoms with Crippen molar-refractivity contribution in [3.05, 3.63) is 101 Å². The van der Waals surface area contributed by atoms with Gasteiger partial charge in [0.1, 0.15) is 0 Å². The molecular formula is C21H17ClINO2. The van der Waals surface area contributed by atoms with Crippen LogP contribution < -0.4 is 5.73 Å². The summed E-state index contributed by atoms with van der Waals surface area (Å²) >= 11 is 7.70. The Labute approximate surface area is 171 Å². The van der Waals surface area contributed by atoms with Crippen molar-refractivity contribution in [1.29, 1.82) is 0 Å². The summed E-state index contributed by atoms with van der Waals surface area (Å²) in [5, 5.41) is 0.539. The Hall–Kier alpha value is -2.18. The Kier molecular flexibility index (Phi) is 7.81. The molecule has 0 heterocycles. The average Bonchev–Trinajstić information content (AvgIpc) is 2.70. The molecule has 3 aromatic rings. The summed E-state index contributed by atoms with van der Waals surface area (Å²) < 4.78 is 0.419. The van der Waals surface area contributed by atoms with Crippen molar-refractivity contribution in [1.82, 2.24) is 0 Å². The quantitative estimate of drug-likeness (QED) is 0.235. The number of rotatable bonds is 4. The SMILES string of the molecule is Nc1ccc(Cl)cc1C(=O)CI.O=C(c1ccccc1)c1ccccc1. The minimum absolute atomic E-state index is 0.00981. The van der Waals surface area contributed by atoms with E-state index in [-0.39, 0.29) is 11.6 Å². The van der Waals surface area contributed by atoms with E-state index in [0.717, 1.165) is 11.1 Å². The van der Waals surface area contributed by atoms with E-state index in [1.54, 1.807) is 18.2 Å². The number of alkyl halides is 1. The molecule has 0 radical (unpaired) electrons. The van der Waals surface area contributed by atoms with Crippen LogP contribution in [-0.4, -0.2) is 16.0 Å². The lowest BCUT2D eigenvalue weighted by molar-refractivity contribution is 0.102. The summed E-state index contributed by atoms with van der Waals surface area (Å²) in [4.78, 5) is 23.1. The number of hydrogen-bond donors (Lipinski definition) is 1. The Morgan fingerprint density at radius 1 is 0.846 bits per heavy atom. The molecule has 3 rings (SSSR count). The first-order valence-electron chi connectivity index (χ1n) is 7.82. The van der Waals surface area contributed by atoms with Gasteiger partial charge in [-0.2, -0.15) is 0 Å². The van der Waals surface area contributed by atoms with Crippen LogP contribution in [0.15, 0.2) is 78.9 Å². The maximum Gasteiger partial charge on any atom is 0.193 e. The Morgan fingerprint density at radius 3 is 1.81 bits per heavy atom. The second-order valence-electron chi connectivity index (χ2n) is 5.35. The topological polar surface area (TPSA) is 60.2 Å². The van der Waals surface area contributed by atoms with E-state index in [1.165, 1.54) is 0 Å². The van der Waals surface area contributed by atoms with Gasteiger partial charge in [0, 0.05) is 27.4 Å². The smallest absolute Gasteiger partial charge is 0.193 e. The molecule has 132 valence electrons. The Morgan fingerprint density at radius 2 is 1.35 bits per heavy atom. The Balaban J connectivity index is 0.000000190. The molecular weight excluding hydrogens is 461 g/mol. The Bertz CT molecular complexity index is 842. The van der Waals surface area contributed by atoms with Crippen molar-refractivity contribution in [3.8, 4) is 0 Å². The molecule has 0 aliphatic carbocycles. The molecule has 0 unspecified atom stereocenters. The lowest BCUT2D eigenvalue weighted by atomic mass is 10.0. The number of halogens is 2. The predicted molar refractivity (Wildman–Crippen MR) is 115 cm³/mol. The van der Waals surface area contributed by atoms with Gasteiger partial charge in [0.2, 0.25) is 0 Å². The van der Waals surface area contributed by atoms with Gasteiger partial charge in [0.15, 0.2) is 11.6 Å². The lowest BCUT2D eigenvalue weighted by Crippen LogP contribution is -2.04. The number of carbonyl (C=O) groups excluding carboxylic acids is 2. The number of Topliss-reactive ketones (excluding diaryl/α,β-unsaturated/α-hetero) is 1. The molecule has 2 N–H and O–H groups in total. The zero-order chi connectivity index (χ0) is 18.9. The standard InChI is InChI=1S/C13H10O.C8H7ClINO/c14-13(11-7-3-1-4-8-11)12-9-5-2-6-10-12;9-5-1-2-7(11)6(3-5)8(12)4-10/h1-10H;1-3H,4,11H2. The number of hydrogen-bond acceptors (Lipinski definition) is 3. The van der Waals surface area contributed by atoms with Gasteiger partial charge in [-0.25, -0.2) is 0 Å². The fourth-order valence-corrected chi connectivity index (χ4v) is 2.77. The monoisotopic (exact) mass is 477 g/mol. The van der Waals surface area contributed by atoms with Crippen LogP contribution in [-0.2, 0) is 0 Å². The number of anilines is 1. The van der Waals surface area contributed by atoms with E-state index in [2.05, 4.69) is 0 Å². The van der Waals surface area contributed by atoms with Crippen molar-refractivity contribution in [2.75, 3.05) is 10.2 Å². The number of carbonyl (C=O) groups is 2. The highest BCUT2D eigenvalue weighted by Gasteiger charge is 2.08. The van der Waals surface area contributed by atoms with Gasteiger partial charge < -0.3 is 5.73 Å². The summed E-state index contributed by atoms with van der Waals surface area (Å²) in [5.74, 6) is 0.0850. The van der Waals surface area contributed by atoms with E-state index in [9.17, 15) is 9.59 Å². The molecule has 3 aromatic carbocycles. The highest BCUT2D eigenvalue weighted by Crippen LogP contribution is 2.18. The van der Waals surface area contributed by atoms with Crippen LogP contribution in [0.2, 0.25) is 5.02 Å². The van der Waals surface area contributed by atoms with Crippen molar-refractivity contribution in [2.24, 2.45) is 0 Å². The van der Waals surface area contributed by atoms with Gasteiger partial charge in [-0.1, -0.05) is 94.9 Å². The number of benzene rings is 3. The minimum atomic E-state index is 0.00981. The molecule has 3 nitrogen and oxygen atoms in total. The molecule has 0 spiro atoms. The first-order chi connectivity index (χ1) is 12.5. The molecule has 0 amide bonds. The maximum atomic E-state index is 11.8. The van der Waals surface area contributed by atoms with Gasteiger partial charge in [0.05, 0.1) is 4.43 Å². The average molecular weight is 478 g/mol. The molecule has 0 atom stereocenters. The van der Waals surface area contributed by atoms with Crippen LogP contribution >= 0.6 is 34.2 Å². The van der Waals surface area contributed by atoms with Crippen LogP contribution in [0.1, 0.15) is 26.3 Å². The van der Waals surface area contributed by atoms with E-state index in [0.29, 0.717) is 20.7 Å². The maximum absolute atomic E-state index is 11.8.